The molecule has 0 atom stereocenters. The van der Waals surface area contributed by atoms with Gasteiger partial charge in [0.2, 0.25) is 0 Å². The Kier molecular flexibility index (Phi) is 0.885. The summed E-state index contributed by atoms with van der Waals surface area (Å²) >= 11 is 0. The van der Waals surface area contributed by atoms with E-state index in [1.165, 1.54) is 0 Å². The van der Waals surface area contributed by atoms with Crippen LogP contribution in [0.3, 0.4) is 0 Å². The van der Waals surface area contributed by atoms with Crippen LogP contribution >= 0.6 is 0 Å². The Morgan fingerprint density at radius 1 is 1.43 bits per heavy atom. The Hall–Kier alpha value is -0.0500. The molecule has 0 aliphatic carbocycles. The van der Waals surface area contributed by atoms with Crippen molar-refractivity contribution in [3.8, 4) is 0 Å². The van der Waals surface area contributed by atoms with Crippen molar-refractivity contribution >= 4 is 9.84 Å². The topological polar surface area (TPSA) is 34.1 Å². The maximum atomic E-state index is 10.3. The van der Waals surface area contributed by atoms with Crippen LogP contribution < -0.4 is 0 Å². The first kappa shape index (κ1) is 5.09. The van der Waals surface area contributed by atoms with Crippen molar-refractivity contribution < 1.29 is 8.42 Å². The molecule has 0 bridgehead atoms. The van der Waals surface area contributed by atoms with Crippen LogP contribution in [0.5, 0.6) is 0 Å². The van der Waals surface area contributed by atoms with Gasteiger partial charge in [0.25, 0.3) is 0 Å². The average molecular weight is 120 g/mol. The van der Waals surface area contributed by atoms with Crippen LogP contribution in [0.25, 0.3) is 0 Å². The highest BCUT2D eigenvalue weighted by Gasteiger charge is 2.28. The van der Waals surface area contributed by atoms with E-state index in [9.17, 15) is 8.42 Å². The molecule has 0 unspecified atom stereocenters. The van der Waals surface area contributed by atoms with E-state index >= 15 is 0 Å². The molecule has 0 N–H and O–H groups in total. The molecule has 7 heavy (non-hydrogen) atoms. The monoisotopic (exact) mass is 120 g/mol. The quantitative estimate of drug-likeness (QED) is 0.452. The third-order valence-corrected chi connectivity index (χ3v) is 3.23. The van der Waals surface area contributed by atoms with Gasteiger partial charge in [-0.05, 0) is 5.92 Å². The van der Waals surface area contributed by atoms with Gasteiger partial charge in [0.15, 0.2) is 9.84 Å². The molecule has 0 amide bonds. The summed E-state index contributed by atoms with van der Waals surface area (Å²) in [6.45, 7) is 1.95. The number of sulfone groups is 1. The van der Waals surface area contributed by atoms with Gasteiger partial charge in [-0.15, -0.1) is 0 Å². The van der Waals surface area contributed by atoms with E-state index in [2.05, 4.69) is 0 Å². The SMILES string of the molecule is CC1CS(=O)(=O)C1. The summed E-state index contributed by atoms with van der Waals surface area (Å²) in [4.78, 5) is 0. The molecular weight excluding hydrogens is 112 g/mol. The number of hydrogen-bond acceptors (Lipinski definition) is 2. The van der Waals surface area contributed by atoms with Crippen molar-refractivity contribution in [2.75, 3.05) is 11.5 Å². The van der Waals surface area contributed by atoms with Crippen molar-refractivity contribution in [1.82, 2.24) is 0 Å². The first-order valence-corrected chi connectivity index (χ1v) is 4.13. The van der Waals surface area contributed by atoms with Gasteiger partial charge in [0, 0.05) is 0 Å². The van der Waals surface area contributed by atoms with Gasteiger partial charge in [-0.25, -0.2) is 8.42 Å². The summed E-state index contributed by atoms with van der Waals surface area (Å²) in [5.74, 6) is 1.24. The molecule has 1 aliphatic heterocycles. The Labute approximate surface area is 43.5 Å². The molecule has 0 saturated carbocycles. The van der Waals surface area contributed by atoms with Gasteiger partial charge >= 0.3 is 0 Å². The van der Waals surface area contributed by atoms with Gasteiger partial charge in [0.05, 0.1) is 11.5 Å². The lowest BCUT2D eigenvalue weighted by Gasteiger charge is -2.20. The van der Waals surface area contributed by atoms with Crippen molar-refractivity contribution in [2.24, 2.45) is 5.92 Å². The second-order valence-electron chi connectivity index (χ2n) is 2.18. The smallest absolute Gasteiger partial charge is 0.150 e. The highest BCUT2D eigenvalue weighted by Crippen LogP contribution is 2.15. The highest BCUT2D eigenvalue weighted by molar-refractivity contribution is 7.92. The van der Waals surface area contributed by atoms with Crippen molar-refractivity contribution in [2.45, 2.75) is 6.92 Å². The molecule has 1 fully saturated rings. The fourth-order valence-corrected chi connectivity index (χ4v) is 2.45. The zero-order valence-corrected chi connectivity index (χ0v) is 5.03. The van der Waals surface area contributed by atoms with E-state index in [1.807, 2.05) is 6.92 Å². The molecule has 1 aliphatic rings. The maximum absolute atomic E-state index is 10.3. The molecule has 0 radical (unpaired) electrons. The zero-order valence-electron chi connectivity index (χ0n) is 4.22. The maximum Gasteiger partial charge on any atom is 0.150 e. The molecule has 1 heterocycles. The van der Waals surface area contributed by atoms with Crippen LogP contribution in [0.2, 0.25) is 0 Å². The van der Waals surface area contributed by atoms with Gasteiger partial charge in [0.1, 0.15) is 0 Å². The van der Waals surface area contributed by atoms with Crippen LogP contribution in [-0.2, 0) is 9.84 Å². The lowest BCUT2D eigenvalue weighted by atomic mass is 10.2. The molecule has 0 aromatic heterocycles. The van der Waals surface area contributed by atoms with Crippen molar-refractivity contribution in [3.63, 3.8) is 0 Å². The first-order chi connectivity index (χ1) is 3.10. The second kappa shape index (κ2) is 1.22. The third-order valence-electron chi connectivity index (χ3n) is 1.08. The fraction of sp³-hybridized carbons (Fsp3) is 1.00. The molecule has 0 aromatic carbocycles. The van der Waals surface area contributed by atoms with Gasteiger partial charge in [-0.2, -0.15) is 0 Å². The number of hydrogen-bond donors (Lipinski definition) is 0. The van der Waals surface area contributed by atoms with Crippen LogP contribution in [0, 0.1) is 5.92 Å². The molecule has 3 heteroatoms. The largest absolute Gasteiger partial charge is 0.229 e. The van der Waals surface area contributed by atoms with E-state index in [0.717, 1.165) is 0 Å². The summed E-state index contributed by atoms with van der Waals surface area (Å²) in [6.07, 6.45) is 0. The first-order valence-electron chi connectivity index (χ1n) is 2.30. The number of rotatable bonds is 0. The lowest BCUT2D eigenvalue weighted by Crippen LogP contribution is -2.33. The van der Waals surface area contributed by atoms with Crippen LogP contribution in [-0.4, -0.2) is 19.9 Å². The van der Waals surface area contributed by atoms with Crippen LogP contribution in [0.1, 0.15) is 6.92 Å². The molecule has 0 spiro atoms. The molecule has 2 nitrogen and oxygen atoms in total. The van der Waals surface area contributed by atoms with E-state index in [-0.39, 0.29) is 0 Å². The third kappa shape index (κ3) is 0.938. The van der Waals surface area contributed by atoms with Crippen LogP contribution in [0.4, 0.5) is 0 Å². The fourth-order valence-electron chi connectivity index (χ4n) is 0.818. The van der Waals surface area contributed by atoms with Crippen molar-refractivity contribution in [3.05, 3.63) is 0 Å². The van der Waals surface area contributed by atoms with Gasteiger partial charge in [-0.3, -0.25) is 0 Å². The zero-order chi connectivity index (χ0) is 5.49. The summed E-state index contributed by atoms with van der Waals surface area (Å²) < 4.78 is 20.6. The summed E-state index contributed by atoms with van der Waals surface area (Å²) in [6, 6.07) is 0. The Bertz CT molecular complexity index is 145. The molecular formula is C4H8O2S. The Morgan fingerprint density at radius 3 is 1.86 bits per heavy atom. The van der Waals surface area contributed by atoms with E-state index < -0.39 is 9.84 Å². The summed E-state index contributed by atoms with van der Waals surface area (Å²) in [5, 5.41) is 0. The predicted octanol–water partition coefficient (Wildman–Crippen LogP) is 0.0509. The van der Waals surface area contributed by atoms with Gasteiger partial charge < -0.3 is 0 Å². The molecule has 42 valence electrons. The van der Waals surface area contributed by atoms with Crippen molar-refractivity contribution in [1.29, 1.82) is 0 Å². The standard InChI is InChI=1S/C4H8O2S/c1-4-2-7(5,6)3-4/h4H,2-3H2,1H3. The predicted molar refractivity (Wildman–Crippen MR) is 27.8 cm³/mol. The Balaban J connectivity index is 2.61. The summed E-state index contributed by atoms with van der Waals surface area (Å²) in [7, 11) is -2.53. The minimum absolute atomic E-state index is 0.410. The minimum Gasteiger partial charge on any atom is -0.229 e. The van der Waals surface area contributed by atoms with Crippen LogP contribution in [0.15, 0.2) is 0 Å². The van der Waals surface area contributed by atoms with E-state index in [0.29, 0.717) is 17.4 Å². The highest BCUT2D eigenvalue weighted by atomic mass is 32.2. The van der Waals surface area contributed by atoms with Gasteiger partial charge in [-0.1, -0.05) is 6.92 Å². The van der Waals surface area contributed by atoms with E-state index in [1.54, 1.807) is 0 Å². The molecule has 1 saturated heterocycles. The summed E-state index contributed by atoms with van der Waals surface area (Å²) in [5.41, 5.74) is 0. The average Bonchev–Trinajstić information content (AvgIpc) is 1.27. The normalized spacial score (nSPS) is 29.3. The molecule has 0 aromatic rings. The second-order valence-corrected chi connectivity index (χ2v) is 4.34. The van der Waals surface area contributed by atoms with E-state index in [4.69, 9.17) is 0 Å². The minimum atomic E-state index is -2.53. The lowest BCUT2D eigenvalue weighted by molar-refractivity contribution is 0.542. The molecule has 1 rings (SSSR count). The Morgan fingerprint density at radius 2 is 1.86 bits per heavy atom.